The van der Waals surface area contributed by atoms with Crippen LogP contribution in [0.25, 0.3) is 0 Å². The molecule has 2 bridgehead atoms. The summed E-state index contributed by atoms with van der Waals surface area (Å²) in [5.41, 5.74) is 2.49. The molecule has 0 spiro atoms. The average molecular weight is 621 g/mol. The van der Waals surface area contributed by atoms with E-state index in [1.807, 2.05) is 24.3 Å². The number of hydrogen-bond acceptors (Lipinski definition) is 8. The van der Waals surface area contributed by atoms with Gasteiger partial charge in [-0.15, -0.1) is 0 Å². The molecule has 45 heavy (non-hydrogen) atoms. The number of aliphatic hydroxyl groups excluding tert-OH is 3. The smallest absolute Gasteiger partial charge is 0.247 e. The number of carbonyl (C=O) groups excluding carboxylic acids is 2. The summed E-state index contributed by atoms with van der Waals surface area (Å²) in [4.78, 5) is 29.7. The molecule has 2 aromatic carbocycles. The van der Waals surface area contributed by atoms with Gasteiger partial charge in [0.1, 0.15) is 18.0 Å². The molecule has 2 fully saturated rings. The van der Waals surface area contributed by atoms with Crippen molar-refractivity contribution in [1.82, 2.24) is 10.2 Å². The van der Waals surface area contributed by atoms with Gasteiger partial charge in [-0.1, -0.05) is 24.6 Å². The third-order valence-corrected chi connectivity index (χ3v) is 10.3. The Balaban J connectivity index is 1.37. The van der Waals surface area contributed by atoms with Crippen LogP contribution in [-0.2, 0) is 22.6 Å². The van der Waals surface area contributed by atoms with E-state index in [9.17, 15) is 24.9 Å². The van der Waals surface area contributed by atoms with Gasteiger partial charge in [-0.05, 0) is 78.8 Å². The van der Waals surface area contributed by atoms with E-state index >= 15 is 0 Å². The lowest BCUT2D eigenvalue weighted by Gasteiger charge is -2.41. The van der Waals surface area contributed by atoms with Crippen LogP contribution in [0.15, 0.2) is 48.0 Å². The van der Waals surface area contributed by atoms with Crippen LogP contribution in [0.3, 0.4) is 0 Å². The zero-order valence-electron chi connectivity index (χ0n) is 26.0. The molecular weight excluding hydrogens is 576 g/mol. The van der Waals surface area contributed by atoms with Gasteiger partial charge in [0.15, 0.2) is 11.5 Å². The van der Waals surface area contributed by atoms with Crippen molar-refractivity contribution >= 4 is 11.8 Å². The van der Waals surface area contributed by atoms with Crippen molar-refractivity contribution in [3.63, 3.8) is 0 Å². The number of rotatable bonds is 12. The molecule has 10 heteroatoms. The van der Waals surface area contributed by atoms with Crippen LogP contribution >= 0.6 is 0 Å². The van der Waals surface area contributed by atoms with Gasteiger partial charge in [-0.25, -0.2) is 0 Å². The monoisotopic (exact) mass is 620 g/mol. The Bertz CT molecular complexity index is 1440. The van der Waals surface area contributed by atoms with Gasteiger partial charge in [-0.3, -0.25) is 9.59 Å². The van der Waals surface area contributed by atoms with Crippen molar-refractivity contribution in [3.8, 4) is 17.2 Å². The molecule has 0 radical (unpaired) electrons. The molecule has 7 atom stereocenters. The Morgan fingerprint density at radius 2 is 1.87 bits per heavy atom. The van der Waals surface area contributed by atoms with E-state index in [-0.39, 0.29) is 25.7 Å². The Hall–Kier alpha value is -3.60. The summed E-state index contributed by atoms with van der Waals surface area (Å²) in [6, 6.07) is 10.3. The van der Waals surface area contributed by atoms with E-state index < -0.39 is 30.1 Å². The molecule has 3 unspecified atom stereocenters. The van der Waals surface area contributed by atoms with Crippen LogP contribution in [0, 0.1) is 17.8 Å². The summed E-state index contributed by atoms with van der Waals surface area (Å²) in [5.74, 6) is 1.98. The minimum Gasteiger partial charge on any atom is -0.496 e. The van der Waals surface area contributed by atoms with E-state index in [0.717, 1.165) is 17.7 Å². The highest BCUT2D eigenvalue weighted by Gasteiger charge is 2.52. The number of para-hydroxylation sites is 1. The average Bonchev–Trinajstić information content (AvgIpc) is 3.79. The fraction of sp³-hybridized carbons (Fsp3) is 0.543. The standard InChI is InChI=1S/C35H44N2O8/c1-43-28-6-4-3-5-22(28)9-11-37(30(40)17-24-14-20-7-8-23(24)13-20)27-18-26(35(42)36-10-12-38)31-25-15-21(19-39)16-29(44-2)33(25)45-34(31)32(27)41/h3-6,15-16,18,20,23-24,27,31-32,34,38-39,41H,7-14,17,19H2,1-2H3,(H,36,42)/t20?,23?,24?,27-,31+,32+,34+/m1/s1. The lowest BCUT2D eigenvalue weighted by molar-refractivity contribution is -0.138. The molecular formula is C35H44N2O8. The first kappa shape index (κ1) is 31.4. The van der Waals surface area contributed by atoms with Gasteiger partial charge in [-0.2, -0.15) is 0 Å². The number of nitrogens with one attached hydrogen (secondary N) is 1. The summed E-state index contributed by atoms with van der Waals surface area (Å²) in [6.07, 6.45) is 5.23. The predicted octanol–water partition coefficient (Wildman–Crippen LogP) is 2.72. The minimum atomic E-state index is -1.15. The molecule has 1 aliphatic heterocycles. The van der Waals surface area contributed by atoms with Crippen LogP contribution in [0.5, 0.6) is 17.2 Å². The molecule has 242 valence electrons. The van der Waals surface area contributed by atoms with Crippen LogP contribution in [0.1, 0.15) is 54.7 Å². The second kappa shape index (κ2) is 13.4. The molecule has 2 saturated carbocycles. The van der Waals surface area contributed by atoms with E-state index in [1.54, 1.807) is 30.2 Å². The van der Waals surface area contributed by atoms with Crippen molar-refractivity contribution in [2.24, 2.45) is 17.8 Å². The Labute approximate surface area is 264 Å². The Morgan fingerprint density at radius 1 is 1.07 bits per heavy atom. The SMILES string of the molecule is COc1ccccc1CCN(C(=O)CC1CC2CCC1C2)[C@@H]1C=C(C(=O)NCCO)[C@@H]2c3cc(CO)cc(OC)c3O[C@@H]2[C@H]1O. The van der Waals surface area contributed by atoms with E-state index in [1.165, 1.54) is 26.4 Å². The highest BCUT2D eigenvalue weighted by Crippen LogP contribution is 2.52. The molecule has 3 aliphatic carbocycles. The van der Waals surface area contributed by atoms with Gasteiger partial charge in [0.2, 0.25) is 11.8 Å². The van der Waals surface area contributed by atoms with Crippen LogP contribution in [0.2, 0.25) is 0 Å². The minimum absolute atomic E-state index is 0.0491. The van der Waals surface area contributed by atoms with Gasteiger partial charge in [0.05, 0.1) is 39.4 Å². The summed E-state index contributed by atoms with van der Waals surface area (Å²) in [7, 11) is 3.12. The molecule has 2 amide bonds. The van der Waals surface area contributed by atoms with Crippen molar-refractivity contribution in [1.29, 1.82) is 0 Å². The first-order valence-electron chi connectivity index (χ1n) is 16.0. The number of aliphatic hydroxyl groups is 3. The maximum absolute atomic E-state index is 14.3. The van der Waals surface area contributed by atoms with Crippen LogP contribution < -0.4 is 19.5 Å². The lowest BCUT2D eigenvalue weighted by Crippen LogP contribution is -2.56. The van der Waals surface area contributed by atoms with E-state index in [4.69, 9.17) is 14.2 Å². The maximum Gasteiger partial charge on any atom is 0.247 e. The molecule has 4 aliphatic rings. The molecule has 0 aromatic heterocycles. The zero-order valence-corrected chi connectivity index (χ0v) is 26.0. The summed E-state index contributed by atoms with van der Waals surface area (Å²) in [6.45, 7) is -0.112. The summed E-state index contributed by atoms with van der Waals surface area (Å²) in [5, 5.41) is 34.1. The van der Waals surface area contributed by atoms with Crippen molar-refractivity contribution < 1.29 is 39.1 Å². The van der Waals surface area contributed by atoms with Gasteiger partial charge in [0, 0.05) is 30.6 Å². The topological polar surface area (TPSA) is 138 Å². The number of nitrogens with zero attached hydrogens (tertiary/aromatic N) is 1. The van der Waals surface area contributed by atoms with Crippen LogP contribution in [-0.4, -0.2) is 84.2 Å². The summed E-state index contributed by atoms with van der Waals surface area (Å²) >= 11 is 0. The number of fused-ring (bicyclic) bond motifs is 5. The first-order valence-corrected chi connectivity index (χ1v) is 16.0. The van der Waals surface area contributed by atoms with Gasteiger partial charge >= 0.3 is 0 Å². The number of hydrogen-bond donors (Lipinski definition) is 4. The number of amides is 2. The van der Waals surface area contributed by atoms with Gasteiger partial charge in [0.25, 0.3) is 0 Å². The van der Waals surface area contributed by atoms with Crippen molar-refractivity contribution in [3.05, 3.63) is 64.7 Å². The quantitative estimate of drug-likeness (QED) is 0.284. The zero-order chi connectivity index (χ0) is 31.7. The third-order valence-electron chi connectivity index (χ3n) is 10.3. The third kappa shape index (κ3) is 6.03. The number of ether oxygens (including phenoxy) is 3. The Morgan fingerprint density at radius 3 is 2.56 bits per heavy atom. The van der Waals surface area contributed by atoms with Crippen molar-refractivity contribution in [2.75, 3.05) is 33.9 Å². The fourth-order valence-corrected chi connectivity index (χ4v) is 8.18. The number of carbonyl (C=O) groups is 2. The number of methoxy groups -OCH3 is 2. The molecule has 6 rings (SSSR count). The Kier molecular flexibility index (Phi) is 9.35. The number of benzene rings is 2. The second-order valence-corrected chi connectivity index (χ2v) is 12.8. The van der Waals surface area contributed by atoms with E-state index in [2.05, 4.69) is 5.32 Å². The van der Waals surface area contributed by atoms with Crippen LogP contribution in [0.4, 0.5) is 0 Å². The predicted molar refractivity (Wildman–Crippen MR) is 166 cm³/mol. The van der Waals surface area contributed by atoms with E-state index in [0.29, 0.717) is 65.3 Å². The lowest BCUT2D eigenvalue weighted by atomic mass is 9.77. The highest BCUT2D eigenvalue weighted by atomic mass is 16.5. The molecule has 0 saturated heterocycles. The molecule has 2 aromatic rings. The normalized spacial score (nSPS) is 27.7. The highest BCUT2D eigenvalue weighted by molar-refractivity contribution is 5.96. The second-order valence-electron chi connectivity index (χ2n) is 12.8. The van der Waals surface area contributed by atoms with Crippen molar-refractivity contribution in [2.45, 2.75) is 69.3 Å². The first-order chi connectivity index (χ1) is 21.9. The molecule has 10 nitrogen and oxygen atoms in total. The maximum atomic E-state index is 14.3. The summed E-state index contributed by atoms with van der Waals surface area (Å²) < 4.78 is 17.5. The largest absolute Gasteiger partial charge is 0.496 e. The molecule has 1 heterocycles. The van der Waals surface area contributed by atoms with Gasteiger partial charge < -0.3 is 39.7 Å². The fourth-order valence-electron chi connectivity index (χ4n) is 8.18. The molecule has 4 N–H and O–H groups in total.